The highest BCUT2D eigenvalue weighted by molar-refractivity contribution is 6.08. The van der Waals surface area contributed by atoms with Gasteiger partial charge in [-0.15, -0.1) is 0 Å². The van der Waals surface area contributed by atoms with Crippen molar-refractivity contribution in [2.45, 2.75) is 25.2 Å². The van der Waals surface area contributed by atoms with Crippen molar-refractivity contribution in [2.75, 3.05) is 19.1 Å². The van der Waals surface area contributed by atoms with Crippen molar-refractivity contribution in [3.8, 4) is 6.07 Å². The predicted molar refractivity (Wildman–Crippen MR) is 73.4 cm³/mol. The monoisotopic (exact) mass is 272 g/mol. The maximum Gasteiger partial charge on any atom is 0.337 e. The van der Waals surface area contributed by atoms with Gasteiger partial charge in [0.1, 0.15) is 0 Å². The molecular weight excluding hydrogens is 256 g/mol. The molecule has 1 heterocycles. The topological polar surface area (TPSA) is 70.4 Å². The molecule has 1 aliphatic heterocycles. The van der Waals surface area contributed by atoms with Gasteiger partial charge in [0.2, 0.25) is 5.91 Å². The molecule has 20 heavy (non-hydrogen) atoms. The molecule has 1 atom stereocenters. The van der Waals surface area contributed by atoms with Crippen molar-refractivity contribution in [1.29, 1.82) is 5.26 Å². The first-order valence-electron chi connectivity index (χ1n) is 6.33. The van der Waals surface area contributed by atoms with Gasteiger partial charge in [0, 0.05) is 19.2 Å². The van der Waals surface area contributed by atoms with E-state index < -0.39 is 11.4 Å². The Morgan fingerprint density at radius 2 is 2.20 bits per heavy atom. The van der Waals surface area contributed by atoms with E-state index in [0.29, 0.717) is 12.0 Å². The second-order valence-electron chi connectivity index (χ2n) is 5.08. The Morgan fingerprint density at radius 3 is 2.80 bits per heavy atom. The lowest BCUT2D eigenvalue weighted by Crippen LogP contribution is -2.36. The van der Waals surface area contributed by atoms with E-state index in [4.69, 9.17) is 10.00 Å². The first-order valence-corrected chi connectivity index (χ1v) is 6.33. The van der Waals surface area contributed by atoms with Crippen molar-refractivity contribution < 1.29 is 14.3 Å². The number of fused-ring (bicyclic) bond motifs is 1. The van der Waals surface area contributed by atoms with Crippen LogP contribution in [-0.4, -0.2) is 26.0 Å². The van der Waals surface area contributed by atoms with Gasteiger partial charge < -0.3 is 9.64 Å². The molecule has 1 aromatic carbocycles. The number of carbonyl (C=O) groups is 2. The molecule has 1 aromatic rings. The molecule has 5 heteroatoms. The number of ether oxygens (including phenoxy) is 1. The van der Waals surface area contributed by atoms with Gasteiger partial charge in [0.25, 0.3) is 0 Å². The van der Waals surface area contributed by atoms with Crippen LogP contribution in [0.2, 0.25) is 0 Å². The average molecular weight is 272 g/mol. The lowest BCUT2D eigenvalue weighted by Gasteiger charge is -2.22. The molecule has 0 radical (unpaired) electrons. The third-order valence-corrected chi connectivity index (χ3v) is 3.89. The summed E-state index contributed by atoms with van der Waals surface area (Å²) < 4.78 is 4.71. The van der Waals surface area contributed by atoms with Gasteiger partial charge in [-0.25, -0.2) is 4.79 Å². The van der Waals surface area contributed by atoms with Crippen LogP contribution < -0.4 is 4.90 Å². The van der Waals surface area contributed by atoms with Crippen molar-refractivity contribution in [3.05, 3.63) is 29.3 Å². The first kappa shape index (κ1) is 14.1. The summed E-state index contributed by atoms with van der Waals surface area (Å²) in [5.74, 6) is -0.484. The predicted octanol–water partition coefficient (Wildman–Crippen LogP) is 2.01. The molecule has 2 rings (SSSR count). The number of rotatable bonds is 3. The molecule has 0 saturated carbocycles. The van der Waals surface area contributed by atoms with Crippen molar-refractivity contribution in [3.63, 3.8) is 0 Å². The number of amides is 1. The molecule has 5 nitrogen and oxygen atoms in total. The summed E-state index contributed by atoms with van der Waals surface area (Å²) in [6, 6.07) is 7.16. The maximum absolute atomic E-state index is 12.4. The van der Waals surface area contributed by atoms with Gasteiger partial charge >= 0.3 is 5.97 Å². The second kappa shape index (κ2) is 4.97. The highest BCUT2D eigenvalue weighted by Crippen LogP contribution is 2.44. The zero-order chi connectivity index (χ0) is 14.9. The maximum atomic E-state index is 12.4. The Hall–Kier alpha value is -2.35. The fraction of sp³-hybridized carbons (Fsp3) is 0.400. The third kappa shape index (κ3) is 1.94. The lowest BCUT2D eigenvalue weighted by atomic mass is 9.79. The minimum Gasteiger partial charge on any atom is -0.465 e. The average Bonchev–Trinajstić information content (AvgIpc) is 2.66. The molecule has 104 valence electrons. The Kier molecular flexibility index (Phi) is 3.49. The number of esters is 1. The molecule has 0 unspecified atom stereocenters. The third-order valence-electron chi connectivity index (χ3n) is 3.89. The SMILES string of the molecule is COC(=O)c1ccc2c(c1)[C@](C)(CCC#N)C(=O)N2C. The van der Waals surface area contributed by atoms with E-state index in [1.54, 1.807) is 30.1 Å². The summed E-state index contributed by atoms with van der Waals surface area (Å²) in [4.78, 5) is 25.6. The standard InChI is InChI=1S/C15H16N2O3/c1-15(7-4-8-16)11-9-10(13(18)20-3)5-6-12(11)17(2)14(15)19/h5-6,9H,4,7H2,1-3H3/t15-/m0/s1. The molecule has 1 amide bonds. The largest absolute Gasteiger partial charge is 0.465 e. The molecule has 0 aliphatic carbocycles. The highest BCUT2D eigenvalue weighted by Gasteiger charge is 2.45. The van der Waals surface area contributed by atoms with Crippen LogP contribution in [0.1, 0.15) is 35.7 Å². The highest BCUT2D eigenvalue weighted by atomic mass is 16.5. The quantitative estimate of drug-likeness (QED) is 0.789. The van der Waals surface area contributed by atoms with Crippen LogP contribution in [0.3, 0.4) is 0 Å². The molecular formula is C15H16N2O3. The molecule has 1 aliphatic rings. The van der Waals surface area contributed by atoms with Crippen LogP contribution in [0.4, 0.5) is 5.69 Å². The van der Waals surface area contributed by atoms with Gasteiger partial charge in [0.05, 0.1) is 24.2 Å². The number of benzene rings is 1. The van der Waals surface area contributed by atoms with E-state index in [-0.39, 0.29) is 12.3 Å². The zero-order valence-electron chi connectivity index (χ0n) is 11.8. The van der Waals surface area contributed by atoms with Crippen LogP contribution in [0, 0.1) is 11.3 Å². The van der Waals surface area contributed by atoms with Gasteiger partial charge in [-0.05, 0) is 37.1 Å². The van der Waals surface area contributed by atoms with Crippen LogP contribution in [0.25, 0.3) is 0 Å². The zero-order valence-corrected chi connectivity index (χ0v) is 11.8. The van der Waals surface area contributed by atoms with Crippen molar-refractivity contribution in [2.24, 2.45) is 0 Å². The van der Waals surface area contributed by atoms with E-state index >= 15 is 0 Å². The van der Waals surface area contributed by atoms with Crippen molar-refractivity contribution in [1.82, 2.24) is 0 Å². The number of hydrogen-bond donors (Lipinski definition) is 0. The summed E-state index contributed by atoms with van der Waals surface area (Å²) >= 11 is 0. The Balaban J connectivity index is 2.53. The minimum atomic E-state index is -0.760. The number of anilines is 1. The Morgan fingerprint density at radius 1 is 1.50 bits per heavy atom. The molecule has 0 N–H and O–H groups in total. The van der Waals surface area contributed by atoms with Crippen LogP contribution in [0.5, 0.6) is 0 Å². The number of methoxy groups -OCH3 is 1. The first-order chi connectivity index (χ1) is 9.45. The van der Waals surface area contributed by atoms with E-state index in [9.17, 15) is 9.59 Å². The van der Waals surface area contributed by atoms with Gasteiger partial charge in [-0.1, -0.05) is 0 Å². The summed E-state index contributed by atoms with van der Waals surface area (Å²) in [5, 5.41) is 8.77. The van der Waals surface area contributed by atoms with Gasteiger partial charge in [0.15, 0.2) is 0 Å². The fourth-order valence-corrected chi connectivity index (χ4v) is 2.66. The lowest BCUT2D eigenvalue weighted by molar-refractivity contribution is -0.122. The number of carbonyl (C=O) groups excluding carboxylic acids is 2. The van der Waals surface area contributed by atoms with Crippen LogP contribution in [-0.2, 0) is 14.9 Å². The summed E-state index contributed by atoms with van der Waals surface area (Å²) in [6.45, 7) is 1.82. The number of nitriles is 1. The summed E-state index contributed by atoms with van der Waals surface area (Å²) in [5.41, 5.74) is 1.22. The normalized spacial score (nSPS) is 20.5. The minimum absolute atomic E-state index is 0.0511. The van der Waals surface area contributed by atoms with Crippen LogP contribution in [0.15, 0.2) is 18.2 Å². The number of hydrogen-bond acceptors (Lipinski definition) is 4. The molecule has 0 saturated heterocycles. The molecule has 0 aromatic heterocycles. The molecule has 0 fully saturated rings. The van der Waals surface area contributed by atoms with Crippen molar-refractivity contribution >= 4 is 17.6 Å². The molecule has 0 spiro atoms. The van der Waals surface area contributed by atoms with E-state index in [0.717, 1.165) is 11.3 Å². The Bertz CT molecular complexity index is 618. The van der Waals surface area contributed by atoms with E-state index in [2.05, 4.69) is 6.07 Å². The van der Waals surface area contributed by atoms with Crippen LogP contribution >= 0.6 is 0 Å². The fourth-order valence-electron chi connectivity index (χ4n) is 2.66. The number of nitrogens with zero attached hydrogens (tertiary/aromatic N) is 2. The van der Waals surface area contributed by atoms with Gasteiger partial charge in [-0.3, -0.25) is 4.79 Å². The Labute approximate surface area is 117 Å². The molecule has 0 bridgehead atoms. The summed E-state index contributed by atoms with van der Waals surface area (Å²) in [7, 11) is 3.03. The van der Waals surface area contributed by atoms with E-state index in [1.807, 2.05) is 6.92 Å². The smallest absolute Gasteiger partial charge is 0.337 e. The second-order valence-corrected chi connectivity index (χ2v) is 5.08. The number of likely N-dealkylation sites (N-methyl/N-ethyl adjacent to an activating group) is 1. The van der Waals surface area contributed by atoms with Gasteiger partial charge in [-0.2, -0.15) is 5.26 Å². The van der Waals surface area contributed by atoms with E-state index in [1.165, 1.54) is 7.11 Å². The summed E-state index contributed by atoms with van der Waals surface area (Å²) in [6.07, 6.45) is 0.724.